The highest BCUT2D eigenvalue weighted by Crippen LogP contribution is 2.30. The van der Waals surface area contributed by atoms with Crippen molar-refractivity contribution < 1.29 is 9.53 Å². The lowest BCUT2D eigenvalue weighted by Crippen LogP contribution is -2.38. The summed E-state index contributed by atoms with van der Waals surface area (Å²) in [5.74, 6) is 0.722. The predicted octanol–water partition coefficient (Wildman–Crippen LogP) is 3.04. The number of ether oxygens (including phenoxy) is 1. The number of likely N-dealkylation sites (tertiary alicyclic amines) is 1. The number of aromatic nitrogens is 6. The molecule has 34 heavy (non-hydrogen) atoms. The van der Waals surface area contributed by atoms with Crippen molar-refractivity contribution in [2.75, 3.05) is 13.2 Å². The van der Waals surface area contributed by atoms with Crippen LogP contribution in [-0.4, -0.2) is 59.3 Å². The lowest BCUT2D eigenvalue weighted by molar-refractivity contribution is 0.0716. The predicted molar refractivity (Wildman–Crippen MR) is 125 cm³/mol. The van der Waals surface area contributed by atoms with E-state index < -0.39 is 0 Å². The third-order valence-corrected chi connectivity index (χ3v) is 6.48. The van der Waals surface area contributed by atoms with E-state index in [4.69, 9.17) is 9.72 Å². The molecule has 0 aromatic carbocycles. The molecule has 172 valence electrons. The molecule has 9 heteroatoms. The Morgan fingerprint density at radius 3 is 2.68 bits per heavy atom. The second-order valence-corrected chi connectivity index (χ2v) is 8.61. The van der Waals surface area contributed by atoms with Gasteiger partial charge in [0.05, 0.1) is 36.8 Å². The minimum Gasteiger partial charge on any atom is -0.372 e. The van der Waals surface area contributed by atoms with E-state index in [-0.39, 0.29) is 11.9 Å². The van der Waals surface area contributed by atoms with Gasteiger partial charge in [-0.25, -0.2) is 4.98 Å². The summed E-state index contributed by atoms with van der Waals surface area (Å²) < 4.78 is 9.59. The Kier molecular flexibility index (Phi) is 5.38. The lowest BCUT2D eigenvalue weighted by atomic mass is 10.1. The van der Waals surface area contributed by atoms with Crippen molar-refractivity contribution in [1.82, 2.24) is 34.2 Å². The molecule has 4 aromatic rings. The van der Waals surface area contributed by atoms with Crippen LogP contribution in [0.3, 0.4) is 0 Å². The molecule has 2 aliphatic heterocycles. The van der Waals surface area contributed by atoms with Crippen molar-refractivity contribution in [2.24, 2.45) is 0 Å². The maximum absolute atomic E-state index is 13.8. The number of pyridine rings is 2. The van der Waals surface area contributed by atoms with Gasteiger partial charge < -0.3 is 14.2 Å². The first kappa shape index (κ1) is 20.7. The third kappa shape index (κ3) is 3.77. The van der Waals surface area contributed by atoms with Gasteiger partial charge in [0.25, 0.3) is 5.91 Å². The van der Waals surface area contributed by atoms with E-state index in [0.717, 1.165) is 41.3 Å². The minimum absolute atomic E-state index is 0.0514. The summed E-state index contributed by atoms with van der Waals surface area (Å²) in [7, 11) is 0. The van der Waals surface area contributed by atoms with Crippen LogP contribution in [0.1, 0.15) is 29.2 Å². The Hall–Kier alpha value is -3.85. The Balaban J connectivity index is 1.28. The van der Waals surface area contributed by atoms with Gasteiger partial charge in [0.2, 0.25) is 0 Å². The lowest BCUT2D eigenvalue weighted by Gasteiger charge is -2.24. The monoisotopic (exact) mass is 455 g/mol. The maximum atomic E-state index is 13.8. The molecule has 0 unspecified atom stereocenters. The standard InChI is InChI=1S/C25H25N7O2/c33-25(23-24(21-8-2-4-10-27-21)32-12-13-34-17-22(32)29-23)31-11-5-6-19(31)16-30-15-18(14-28-30)20-7-1-3-9-26-20/h1-4,7-10,14-15,19H,5-6,11-13,16-17H2/t19-/m0/s1. The summed E-state index contributed by atoms with van der Waals surface area (Å²) in [4.78, 5) is 29.4. The average molecular weight is 456 g/mol. The Bertz CT molecular complexity index is 1300. The normalized spacial score (nSPS) is 17.6. The van der Waals surface area contributed by atoms with Crippen molar-refractivity contribution in [1.29, 1.82) is 0 Å². The van der Waals surface area contributed by atoms with Gasteiger partial charge in [0.15, 0.2) is 5.69 Å². The largest absolute Gasteiger partial charge is 0.372 e. The molecule has 0 saturated carbocycles. The number of carbonyl (C=O) groups excluding carboxylic acids is 1. The first-order valence-electron chi connectivity index (χ1n) is 11.6. The molecule has 1 fully saturated rings. The SMILES string of the molecule is O=C(c1nc2n(c1-c1ccccn1)CCOC2)N1CCC[C@H]1Cn1cc(-c2ccccn2)cn1. The quantitative estimate of drug-likeness (QED) is 0.459. The van der Waals surface area contributed by atoms with Crippen LogP contribution in [0.4, 0.5) is 0 Å². The van der Waals surface area contributed by atoms with Crippen molar-refractivity contribution in [2.45, 2.75) is 38.6 Å². The highest BCUT2D eigenvalue weighted by molar-refractivity contribution is 5.98. The van der Waals surface area contributed by atoms with E-state index in [0.29, 0.717) is 38.5 Å². The first-order chi connectivity index (χ1) is 16.8. The van der Waals surface area contributed by atoms with Crippen molar-refractivity contribution >= 4 is 5.91 Å². The summed E-state index contributed by atoms with van der Waals surface area (Å²) in [6.07, 6.45) is 9.24. The summed E-state index contributed by atoms with van der Waals surface area (Å²) in [6, 6.07) is 11.6. The number of hydrogen-bond donors (Lipinski definition) is 0. The molecule has 6 heterocycles. The molecule has 1 saturated heterocycles. The molecule has 0 N–H and O–H groups in total. The van der Waals surface area contributed by atoms with Crippen LogP contribution in [0, 0.1) is 0 Å². The summed E-state index contributed by atoms with van der Waals surface area (Å²) >= 11 is 0. The van der Waals surface area contributed by atoms with Crippen LogP contribution in [0.25, 0.3) is 22.6 Å². The molecule has 6 rings (SSSR count). The van der Waals surface area contributed by atoms with Gasteiger partial charge in [0.1, 0.15) is 18.1 Å². The van der Waals surface area contributed by atoms with Gasteiger partial charge in [0, 0.05) is 37.2 Å². The fraction of sp³-hybridized carbons (Fsp3) is 0.320. The topological polar surface area (TPSA) is 91.0 Å². The van der Waals surface area contributed by atoms with Gasteiger partial charge in [-0.1, -0.05) is 12.1 Å². The Morgan fingerprint density at radius 1 is 1.06 bits per heavy atom. The number of amides is 1. The molecule has 9 nitrogen and oxygen atoms in total. The van der Waals surface area contributed by atoms with Crippen LogP contribution in [0.2, 0.25) is 0 Å². The number of fused-ring (bicyclic) bond motifs is 1. The van der Waals surface area contributed by atoms with Crippen LogP contribution in [-0.2, 0) is 24.4 Å². The fourth-order valence-corrected chi connectivity index (χ4v) is 4.86. The van der Waals surface area contributed by atoms with Gasteiger partial charge >= 0.3 is 0 Å². The van der Waals surface area contributed by atoms with Gasteiger partial charge in [-0.15, -0.1) is 0 Å². The summed E-state index contributed by atoms with van der Waals surface area (Å²) in [5.41, 5.74) is 3.86. The van der Waals surface area contributed by atoms with E-state index in [9.17, 15) is 4.79 Å². The zero-order valence-corrected chi connectivity index (χ0v) is 18.7. The number of rotatable bonds is 5. The second-order valence-electron chi connectivity index (χ2n) is 8.61. The van der Waals surface area contributed by atoms with Crippen molar-refractivity contribution in [3.8, 4) is 22.6 Å². The highest BCUT2D eigenvalue weighted by atomic mass is 16.5. The van der Waals surface area contributed by atoms with Crippen LogP contribution >= 0.6 is 0 Å². The number of hydrogen-bond acceptors (Lipinski definition) is 6. The zero-order chi connectivity index (χ0) is 22.9. The van der Waals surface area contributed by atoms with E-state index in [1.54, 1.807) is 12.4 Å². The van der Waals surface area contributed by atoms with Crippen LogP contribution in [0.15, 0.2) is 61.2 Å². The van der Waals surface area contributed by atoms with Crippen LogP contribution < -0.4 is 0 Å². The van der Waals surface area contributed by atoms with Gasteiger partial charge in [-0.2, -0.15) is 5.10 Å². The number of nitrogens with zero attached hydrogens (tertiary/aromatic N) is 7. The molecule has 0 aliphatic carbocycles. The molecular formula is C25H25N7O2. The fourth-order valence-electron chi connectivity index (χ4n) is 4.86. The molecule has 0 spiro atoms. The molecule has 0 bridgehead atoms. The van der Waals surface area contributed by atoms with Gasteiger partial charge in [-0.3, -0.25) is 19.4 Å². The molecule has 1 atom stereocenters. The highest BCUT2D eigenvalue weighted by Gasteiger charge is 2.35. The summed E-state index contributed by atoms with van der Waals surface area (Å²) in [6.45, 7) is 3.00. The van der Waals surface area contributed by atoms with Crippen molar-refractivity contribution in [3.63, 3.8) is 0 Å². The number of imidazole rings is 1. The smallest absolute Gasteiger partial charge is 0.275 e. The zero-order valence-electron chi connectivity index (χ0n) is 18.7. The average Bonchev–Trinajstić information content (AvgIpc) is 3.63. The molecule has 1 amide bonds. The Morgan fingerprint density at radius 2 is 1.88 bits per heavy atom. The molecule has 2 aliphatic rings. The molecule has 0 radical (unpaired) electrons. The van der Waals surface area contributed by atoms with Gasteiger partial charge in [-0.05, 0) is 37.1 Å². The van der Waals surface area contributed by atoms with Crippen molar-refractivity contribution in [3.05, 3.63) is 72.7 Å². The first-order valence-corrected chi connectivity index (χ1v) is 11.6. The Labute approximate surface area is 197 Å². The van der Waals surface area contributed by atoms with E-state index in [2.05, 4.69) is 19.6 Å². The van der Waals surface area contributed by atoms with E-state index >= 15 is 0 Å². The molecular weight excluding hydrogens is 430 g/mol. The molecule has 4 aromatic heterocycles. The maximum Gasteiger partial charge on any atom is 0.275 e. The summed E-state index contributed by atoms with van der Waals surface area (Å²) in [5, 5.41) is 4.53. The van der Waals surface area contributed by atoms with E-state index in [1.165, 1.54) is 0 Å². The third-order valence-electron chi connectivity index (χ3n) is 6.48. The second kappa shape index (κ2) is 8.83. The van der Waals surface area contributed by atoms with Crippen LogP contribution in [0.5, 0.6) is 0 Å². The van der Waals surface area contributed by atoms with E-state index in [1.807, 2.05) is 58.4 Å². The number of carbonyl (C=O) groups is 1. The minimum atomic E-state index is -0.0536.